The SMILES string of the molecule is CSc1nc(C)nc(C)c1C(=O)N1CCC(C(C)O)C1. The molecule has 1 aliphatic heterocycles. The fourth-order valence-corrected chi connectivity index (χ4v) is 3.26. The van der Waals surface area contributed by atoms with Crippen molar-refractivity contribution in [3.63, 3.8) is 0 Å². The second-order valence-corrected chi connectivity index (χ2v) is 6.08. The number of aliphatic hydroxyl groups is 1. The third kappa shape index (κ3) is 2.96. The van der Waals surface area contributed by atoms with Crippen molar-refractivity contribution >= 4 is 17.7 Å². The number of aliphatic hydroxyl groups excluding tert-OH is 1. The van der Waals surface area contributed by atoms with Gasteiger partial charge < -0.3 is 10.0 Å². The number of aromatic nitrogens is 2. The number of hydrogen-bond acceptors (Lipinski definition) is 5. The maximum absolute atomic E-state index is 12.7. The lowest BCUT2D eigenvalue weighted by Crippen LogP contribution is -2.31. The third-order valence-electron chi connectivity index (χ3n) is 3.77. The van der Waals surface area contributed by atoms with Gasteiger partial charge >= 0.3 is 0 Å². The Morgan fingerprint density at radius 2 is 2.15 bits per heavy atom. The Bertz CT molecular complexity index is 519. The van der Waals surface area contributed by atoms with Gasteiger partial charge in [-0.1, -0.05) is 0 Å². The van der Waals surface area contributed by atoms with Crippen molar-refractivity contribution in [1.82, 2.24) is 14.9 Å². The first-order chi connectivity index (χ1) is 9.43. The second-order valence-electron chi connectivity index (χ2n) is 5.28. The average molecular weight is 295 g/mol. The maximum atomic E-state index is 12.7. The number of thioether (sulfide) groups is 1. The molecule has 1 aromatic rings. The number of hydrogen-bond donors (Lipinski definition) is 1. The lowest BCUT2D eigenvalue weighted by Gasteiger charge is -2.19. The van der Waals surface area contributed by atoms with Gasteiger partial charge in [-0.15, -0.1) is 11.8 Å². The molecule has 1 saturated heterocycles. The lowest BCUT2D eigenvalue weighted by atomic mass is 10.0. The van der Waals surface area contributed by atoms with Gasteiger partial charge in [-0.25, -0.2) is 9.97 Å². The summed E-state index contributed by atoms with van der Waals surface area (Å²) >= 11 is 1.47. The van der Waals surface area contributed by atoms with E-state index in [9.17, 15) is 9.90 Å². The minimum atomic E-state index is -0.372. The van der Waals surface area contributed by atoms with Crippen LogP contribution in [0.3, 0.4) is 0 Å². The van der Waals surface area contributed by atoms with Crippen molar-refractivity contribution in [3.8, 4) is 0 Å². The molecule has 1 N–H and O–H groups in total. The zero-order valence-electron chi connectivity index (χ0n) is 12.4. The summed E-state index contributed by atoms with van der Waals surface area (Å²) in [7, 11) is 0. The van der Waals surface area contributed by atoms with E-state index in [2.05, 4.69) is 9.97 Å². The molecule has 2 atom stereocenters. The molecule has 110 valence electrons. The highest BCUT2D eigenvalue weighted by Crippen LogP contribution is 2.26. The predicted molar refractivity (Wildman–Crippen MR) is 79.0 cm³/mol. The highest BCUT2D eigenvalue weighted by molar-refractivity contribution is 7.98. The minimum absolute atomic E-state index is 0.0185. The van der Waals surface area contributed by atoms with E-state index in [0.717, 1.165) is 17.1 Å². The molecule has 2 rings (SSSR count). The standard InChI is InChI=1S/C14H21N3O2S/c1-8-12(13(20-4)16-10(3)15-8)14(19)17-6-5-11(7-17)9(2)18/h9,11,18H,5-7H2,1-4H3. The predicted octanol–water partition coefficient (Wildman–Crippen LogP) is 1.66. The topological polar surface area (TPSA) is 66.3 Å². The van der Waals surface area contributed by atoms with Crippen LogP contribution in [0, 0.1) is 19.8 Å². The van der Waals surface area contributed by atoms with Crippen LogP contribution in [0.5, 0.6) is 0 Å². The molecule has 0 radical (unpaired) electrons. The van der Waals surface area contributed by atoms with Crippen molar-refractivity contribution in [3.05, 3.63) is 17.1 Å². The van der Waals surface area contributed by atoms with E-state index in [0.29, 0.717) is 24.5 Å². The quantitative estimate of drug-likeness (QED) is 0.678. The van der Waals surface area contributed by atoms with Gasteiger partial charge in [0.2, 0.25) is 0 Å². The van der Waals surface area contributed by atoms with Gasteiger partial charge in [-0.05, 0) is 33.4 Å². The normalized spacial score (nSPS) is 20.2. The molecule has 2 heterocycles. The zero-order chi connectivity index (χ0) is 14.9. The van der Waals surface area contributed by atoms with Gasteiger partial charge in [0, 0.05) is 19.0 Å². The number of nitrogens with zero attached hydrogens (tertiary/aromatic N) is 3. The Morgan fingerprint density at radius 1 is 1.45 bits per heavy atom. The smallest absolute Gasteiger partial charge is 0.258 e. The number of likely N-dealkylation sites (tertiary alicyclic amines) is 1. The fraction of sp³-hybridized carbons (Fsp3) is 0.643. The Morgan fingerprint density at radius 3 is 2.70 bits per heavy atom. The van der Waals surface area contributed by atoms with Gasteiger partial charge in [0.1, 0.15) is 10.9 Å². The number of amides is 1. The molecule has 0 aromatic carbocycles. The van der Waals surface area contributed by atoms with Gasteiger partial charge in [-0.2, -0.15) is 0 Å². The van der Waals surface area contributed by atoms with Crippen LogP contribution < -0.4 is 0 Å². The molecule has 1 fully saturated rings. The molecule has 0 saturated carbocycles. The van der Waals surface area contributed by atoms with Crippen molar-refractivity contribution < 1.29 is 9.90 Å². The summed E-state index contributed by atoms with van der Waals surface area (Å²) in [5.74, 6) is 0.838. The van der Waals surface area contributed by atoms with E-state index in [1.54, 1.807) is 11.8 Å². The van der Waals surface area contributed by atoms with Crippen LogP contribution in [-0.2, 0) is 0 Å². The van der Waals surface area contributed by atoms with Crippen LogP contribution in [0.25, 0.3) is 0 Å². The van der Waals surface area contributed by atoms with Gasteiger partial charge in [-0.3, -0.25) is 4.79 Å². The van der Waals surface area contributed by atoms with Crippen LogP contribution in [0.2, 0.25) is 0 Å². The summed E-state index contributed by atoms with van der Waals surface area (Å²) in [5.41, 5.74) is 1.33. The molecule has 0 aliphatic carbocycles. The van der Waals surface area contributed by atoms with E-state index in [1.165, 1.54) is 11.8 Å². The zero-order valence-corrected chi connectivity index (χ0v) is 13.2. The van der Waals surface area contributed by atoms with Crippen LogP contribution in [0.4, 0.5) is 0 Å². The Kier molecular flexibility index (Phi) is 4.65. The van der Waals surface area contributed by atoms with E-state index in [1.807, 2.05) is 20.1 Å². The first kappa shape index (κ1) is 15.3. The maximum Gasteiger partial charge on any atom is 0.258 e. The molecule has 6 heteroatoms. The monoisotopic (exact) mass is 295 g/mol. The molecule has 1 amide bonds. The molecular formula is C14H21N3O2S. The lowest BCUT2D eigenvalue weighted by molar-refractivity contribution is 0.0757. The van der Waals surface area contributed by atoms with Crippen molar-refractivity contribution in [2.24, 2.45) is 5.92 Å². The summed E-state index contributed by atoms with van der Waals surface area (Å²) in [6.45, 7) is 6.77. The summed E-state index contributed by atoms with van der Waals surface area (Å²) in [5, 5.41) is 10.4. The highest BCUT2D eigenvalue weighted by Gasteiger charge is 2.31. The van der Waals surface area contributed by atoms with Crippen molar-refractivity contribution in [2.45, 2.75) is 38.3 Å². The van der Waals surface area contributed by atoms with E-state index >= 15 is 0 Å². The number of carbonyl (C=O) groups excluding carboxylic acids is 1. The van der Waals surface area contributed by atoms with Gasteiger partial charge in [0.05, 0.1) is 17.4 Å². The van der Waals surface area contributed by atoms with Crippen LogP contribution in [-0.4, -0.2) is 51.3 Å². The van der Waals surface area contributed by atoms with E-state index in [-0.39, 0.29) is 17.9 Å². The number of carbonyl (C=O) groups is 1. The van der Waals surface area contributed by atoms with Crippen LogP contribution in [0.1, 0.15) is 35.2 Å². The summed E-state index contributed by atoms with van der Waals surface area (Å²) in [6, 6.07) is 0. The molecule has 2 unspecified atom stereocenters. The first-order valence-electron chi connectivity index (χ1n) is 6.80. The largest absolute Gasteiger partial charge is 0.393 e. The fourth-order valence-electron chi connectivity index (χ4n) is 2.60. The molecule has 20 heavy (non-hydrogen) atoms. The Hall–Kier alpha value is -1.14. The van der Waals surface area contributed by atoms with Gasteiger partial charge in [0.15, 0.2) is 0 Å². The average Bonchev–Trinajstić information content (AvgIpc) is 2.86. The van der Waals surface area contributed by atoms with E-state index < -0.39 is 0 Å². The van der Waals surface area contributed by atoms with Crippen molar-refractivity contribution in [2.75, 3.05) is 19.3 Å². The Balaban J connectivity index is 2.26. The third-order valence-corrected chi connectivity index (χ3v) is 4.45. The Labute approximate surface area is 123 Å². The summed E-state index contributed by atoms with van der Waals surface area (Å²) in [6.07, 6.45) is 2.40. The highest BCUT2D eigenvalue weighted by atomic mass is 32.2. The number of rotatable bonds is 3. The summed E-state index contributed by atoms with van der Waals surface area (Å²) < 4.78 is 0. The molecule has 0 spiro atoms. The molecule has 0 bridgehead atoms. The van der Waals surface area contributed by atoms with Gasteiger partial charge in [0.25, 0.3) is 5.91 Å². The molecule has 1 aliphatic rings. The molecular weight excluding hydrogens is 274 g/mol. The van der Waals surface area contributed by atoms with Crippen LogP contribution >= 0.6 is 11.8 Å². The van der Waals surface area contributed by atoms with Crippen LogP contribution in [0.15, 0.2) is 5.03 Å². The molecule has 5 nitrogen and oxygen atoms in total. The second kappa shape index (κ2) is 6.10. The minimum Gasteiger partial charge on any atom is -0.393 e. The molecule has 1 aromatic heterocycles. The first-order valence-corrected chi connectivity index (χ1v) is 8.03. The van der Waals surface area contributed by atoms with E-state index in [4.69, 9.17) is 0 Å². The van der Waals surface area contributed by atoms with Crippen molar-refractivity contribution in [1.29, 1.82) is 0 Å². The number of aryl methyl sites for hydroxylation is 2. The summed E-state index contributed by atoms with van der Waals surface area (Å²) in [4.78, 5) is 23.1.